The molecule has 4 rings (SSSR count). The van der Waals surface area contributed by atoms with E-state index in [1.165, 1.54) is 6.20 Å². The molecule has 5 nitrogen and oxygen atoms in total. The number of fused-ring (bicyclic) bond motifs is 2. The minimum Gasteiger partial charge on any atom is -0.375 e. The molecule has 114 valence electrons. The van der Waals surface area contributed by atoms with Crippen molar-refractivity contribution in [2.45, 2.75) is 6.04 Å². The van der Waals surface area contributed by atoms with Crippen LogP contribution >= 0.6 is 23.2 Å². The number of aromatic nitrogens is 3. The van der Waals surface area contributed by atoms with Crippen LogP contribution in [0.15, 0.2) is 17.6 Å². The zero-order valence-electron chi connectivity index (χ0n) is 11.0. The molecule has 0 N–H and O–H groups in total. The molecule has 1 unspecified atom stereocenters. The quantitative estimate of drug-likeness (QED) is 0.588. The van der Waals surface area contributed by atoms with Crippen molar-refractivity contribution in [1.29, 1.82) is 0 Å². The molecule has 0 radical (unpaired) electrons. The first kappa shape index (κ1) is 14.0. The molecule has 0 bridgehead atoms. The standard InChI is InChI=1S/C13H8Cl2F2N4O/c14-11-8(17)9-5(3-18-11)12(20-13(15)19-9)21-1-2-22-4-6-7(16)10(6)21/h3,10H,1-2,4H2. The van der Waals surface area contributed by atoms with Crippen LogP contribution in [-0.4, -0.2) is 40.8 Å². The Morgan fingerprint density at radius 1 is 1.27 bits per heavy atom. The van der Waals surface area contributed by atoms with Crippen LogP contribution in [0.25, 0.3) is 10.9 Å². The predicted octanol–water partition coefficient (Wildman–Crippen LogP) is 2.91. The number of pyridine rings is 1. The second-order valence-electron chi connectivity index (χ2n) is 4.96. The normalized spacial score (nSPS) is 21.1. The highest BCUT2D eigenvalue weighted by atomic mass is 35.5. The summed E-state index contributed by atoms with van der Waals surface area (Å²) in [7, 11) is 0. The van der Waals surface area contributed by atoms with E-state index in [1.807, 2.05) is 0 Å². The number of rotatable bonds is 1. The number of hydrogen-bond donors (Lipinski definition) is 0. The minimum atomic E-state index is -0.778. The Bertz CT molecular complexity index is 829. The first-order valence-corrected chi connectivity index (χ1v) is 7.23. The van der Waals surface area contributed by atoms with E-state index in [-0.39, 0.29) is 28.4 Å². The van der Waals surface area contributed by atoms with Crippen molar-refractivity contribution in [1.82, 2.24) is 15.0 Å². The molecule has 2 aromatic heterocycles. The van der Waals surface area contributed by atoms with Crippen LogP contribution in [0.1, 0.15) is 0 Å². The lowest BCUT2D eigenvalue weighted by Gasteiger charge is -2.23. The molecular formula is C13H8Cl2F2N4O. The van der Waals surface area contributed by atoms with E-state index in [4.69, 9.17) is 27.9 Å². The summed E-state index contributed by atoms with van der Waals surface area (Å²) in [6, 6.07) is -0.504. The zero-order valence-corrected chi connectivity index (χ0v) is 12.5. The fourth-order valence-electron chi connectivity index (χ4n) is 2.61. The van der Waals surface area contributed by atoms with Gasteiger partial charge in [0.05, 0.1) is 18.6 Å². The second kappa shape index (κ2) is 4.97. The van der Waals surface area contributed by atoms with Gasteiger partial charge in [-0.05, 0) is 11.6 Å². The summed E-state index contributed by atoms with van der Waals surface area (Å²) in [4.78, 5) is 13.5. The van der Waals surface area contributed by atoms with E-state index in [0.717, 1.165) is 0 Å². The molecule has 1 aliphatic carbocycles. The van der Waals surface area contributed by atoms with E-state index in [2.05, 4.69) is 15.0 Å². The van der Waals surface area contributed by atoms with Crippen LogP contribution in [0.5, 0.6) is 0 Å². The van der Waals surface area contributed by atoms with Gasteiger partial charge in [-0.15, -0.1) is 0 Å². The molecule has 0 aromatic carbocycles. The summed E-state index contributed by atoms with van der Waals surface area (Å²) in [6.07, 6.45) is 1.36. The van der Waals surface area contributed by atoms with E-state index in [1.54, 1.807) is 4.90 Å². The number of hydrogen-bond acceptors (Lipinski definition) is 5. The van der Waals surface area contributed by atoms with Gasteiger partial charge in [0.15, 0.2) is 11.0 Å². The lowest BCUT2D eigenvalue weighted by atomic mass is 10.2. The predicted molar refractivity (Wildman–Crippen MR) is 77.4 cm³/mol. The third-order valence-electron chi connectivity index (χ3n) is 3.71. The van der Waals surface area contributed by atoms with E-state index in [9.17, 15) is 8.78 Å². The van der Waals surface area contributed by atoms with Gasteiger partial charge >= 0.3 is 0 Å². The van der Waals surface area contributed by atoms with Crippen LogP contribution < -0.4 is 4.90 Å². The molecule has 1 fully saturated rings. The van der Waals surface area contributed by atoms with Gasteiger partial charge in [-0.2, -0.15) is 4.98 Å². The first-order valence-electron chi connectivity index (χ1n) is 6.48. The average Bonchev–Trinajstić information content (AvgIpc) is 3.18. The van der Waals surface area contributed by atoms with Gasteiger partial charge in [0.25, 0.3) is 0 Å². The third kappa shape index (κ3) is 2.04. The lowest BCUT2D eigenvalue weighted by Crippen LogP contribution is -2.31. The second-order valence-corrected chi connectivity index (χ2v) is 5.66. The van der Waals surface area contributed by atoms with Crippen molar-refractivity contribution < 1.29 is 13.5 Å². The van der Waals surface area contributed by atoms with E-state index in [0.29, 0.717) is 29.9 Å². The first-order chi connectivity index (χ1) is 10.6. The Kier molecular flexibility index (Phi) is 3.18. The van der Waals surface area contributed by atoms with Crippen molar-refractivity contribution in [3.63, 3.8) is 0 Å². The number of ether oxygens (including phenoxy) is 1. The minimum absolute atomic E-state index is 0.0391. The molecule has 1 atom stereocenters. The molecule has 22 heavy (non-hydrogen) atoms. The molecule has 3 heterocycles. The number of halogens is 4. The maximum atomic E-state index is 14.1. The Balaban J connectivity index is 1.90. The summed E-state index contributed by atoms with van der Waals surface area (Å²) in [5.41, 5.74) is 0.533. The summed E-state index contributed by atoms with van der Waals surface area (Å²) < 4.78 is 33.3. The maximum absolute atomic E-state index is 14.1. The van der Waals surface area contributed by atoms with Crippen LogP contribution in [0.4, 0.5) is 14.6 Å². The Hall–Kier alpha value is -1.57. The van der Waals surface area contributed by atoms with Gasteiger partial charge in [-0.1, -0.05) is 11.6 Å². The highest BCUT2D eigenvalue weighted by Crippen LogP contribution is 2.42. The molecule has 0 saturated carbocycles. The van der Waals surface area contributed by atoms with Crippen LogP contribution in [0.2, 0.25) is 10.4 Å². The summed E-state index contributed by atoms with van der Waals surface area (Å²) in [5.74, 6) is -0.705. The maximum Gasteiger partial charge on any atom is 0.225 e. The molecule has 0 spiro atoms. The topological polar surface area (TPSA) is 51.1 Å². The van der Waals surface area contributed by atoms with Crippen LogP contribution in [0, 0.1) is 5.82 Å². The molecule has 0 amide bonds. The number of anilines is 1. The van der Waals surface area contributed by atoms with Gasteiger partial charge in [0, 0.05) is 18.3 Å². The largest absolute Gasteiger partial charge is 0.375 e. The lowest BCUT2D eigenvalue weighted by molar-refractivity contribution is 0.171. The van der Waals surface area contributed by atoms with Gasteiger partial charge in [-0.3, -0.25) is 0 Å². The fraction of sp³-hybridized carbons (Fsp3) is 0.308. The van der Waals surface area contributed by atoms with Crippen molar-refractivity contribution in [3.05, 3.63) is 33.9 Å². The highest BCUT2D eigenvalue weighted by molar-refractivity contribution is 6.30. The molecular weight excluding hydrogens is 337 g/mol. The molecule has 9 heteroatoms. The van der Waals surface area contributed by atoms with Gasteiger partial charge in [0.1, 0.15) is 23.2 Å². The van der Waals surface area contributed by atoms with Crippen molar-refractivity contribution >= 4 is 39.9 Å². The molecule has 2 aromatic rings. The van der Waals surface area contributed by atoms with Gasteiger partial charge in [0.2, 0.25) is 5.28 Å². The van der Waals surface area contributed by atoms with Crippen molar-refractivity contribution in [3.8, 4) is 0 Å². The van der Waals surface area contributed by atoms with Crippen LogP contribution in [-0.2, 0) is 4.74 Å². The number of nitrogens with zero attached hydrogens (tertiary/aromatic N) is 4. The summed E-state index contributed by atoms with van der Waals surface area (Å²) >= 11 is 11.6. The van der Waals surface area contributed by atoms with E-state index >= 15 is 0 Å². The van der Waals surface area contributed by atoms with Crippen molar-refractivity contribution in [2.75, 3.05) is 24.7 Å². The van der Waals surface area contributed by atoms with Gasteiger partial charge < -0.3 is 9.64 Å². The highest BCUT2D eigenvalue weighted by Gasteiger charge is 2.45. The third-order valence-corrected chi connectivity index (χ3v) is 4.14. The Morgan fingerprint density at radius 2 is 2.09 bits per heavy atom. The molecule has 2 aliphatic rings. The average molecular weight is 345 g/mol. The van der Waals surface area contributed by atoms with E-state index < -0.39 is 11.9 Å². The fourth-order valence-corrected chi connectivity index (χ4v) is 2.91. The van der Waals surface area contributed by atoms with Crippen molar-refractivity contribution in [2.24, 2.45) is 0 Å². The van der Waals surface area contributed by atoms with Gasteiger partial charge in [-0.25, -0.2) is 18.7 Å². The summed E-state index contributed by atoms with van der Waals surface area (Å²) in [5, 5.41) is -0.118. The monoisotopic (exact) mass is 344 g/mol. The molecule has 1 aliphatic heterocycles. The SMILES string of the molecule is FC1=C2COCCN(c3nc(Cl)nc4c(F)c(Cl)ncc34)C12. The Labute approximate surface area is 133 Å². The smallest absolute Gasteiger partial charge is 0.225 e. The van der Waals surface area contributed by atoms with Crippen LogP contribution in [0.3, 0.4) is 0 Å². The molecule has 1 saturated heterocycles. The zero-order chi connectivity index (χ0) is 15.4. The summed E-state index contributed by atoms with van der Waals surface area (Å²) in [6.45, 7) is 1.05. The Morgan fingerprint density at radius 3 is 2.91 bits per heavy atom.